The average Bonchev–Trinajstić information content (AvgIpc) is 3.03. The third-order valence-electron chi connectivity index (χ3n) is 4.26. The molecule has 26 heavy (non-hydrogen) atoms. The van der Waals surface area contributed by atoms with Gasteiger partial charge in [-0.15, -0.1) is 0 Å². The van der Waals surface area contributed by atoms with Crippen molar-refractivity contribution in [3.63, 3.8) is 0 Å². The maximum atomic E-state index is 13.0. The molecule has 0 spiro atoms. The Balaban J connectivity index is 2.14. The van der Waals surface area contributed by atoms with E-state index in [1.165, 1.54) is 10.2 Å². The molecular formula is C20H19NO4S. The lowest BCUT2D eigenvalue weighted by Crippen LogP contribution is -2.11. The minimum atomic E-state index is -3.73. The van der Waals surface area contributed by atoms with E-state index in [2.05, 4.69) is 0 Å². The second-order valence-electron chi connectivity index (χ2n) is 6.08. The summed E-state index contributed by atoms with van der Waals surface area (Å²) >= 11 is 0. The van der Waals surface area contributed by atoms with E-state index in [4.69, 9.17) is 0 Å². The van der Waals surface area contributed by atoms with Gasteiger partial charge in [-0.25, -0.2) is 17.2 Å². The lowest BCUT2D eigenvalue weighted by molar-refractivity contribution is -0.132. The van der Waals surface area contributed by atoms with Crippen molar-refractivity contribution in [2.75, 3.05) is 0 Å². The van der Waals surface area contributed by atoms with E-state index >= 15 is 0 Å². The van der Waals surface area contributed by atoms with Crippen LogP contribution in [0.5, 0.6) is 0 Å². The molecule has 3 aromatic rings. The number of fused-ring (bicyclic) bond motifs is 1. The highest BCUT2D eigenvalue weighted by atomic mass is 32.2. The number of aliphatic carboxylic acids is 1. The Morgan fingerprint density at radius 2 is 1.81 bits per heavy atom. The molecule has 5 nitrogen and oxygen atoms in total. The number of rotatable bonds is 5. The first kappa shape index (κ1) is 17.9. The molecule has 1 aromatic heterocycles. The quantitative estimate of drug-likeness (QED) is 0.688. The van der Waals surface area contributed by atoms with Gasteiger partial charge in [0.2, 0.25) is 0 Å². The Labute approximate surface area is 152 Å². The highest BCUT2D eigenvalue weighted by molar-refractivity contribution is 7.90. The molecule has 0 saturated carbocycles. The van der Waals surface area contributed by atoms with Crippen LogP contribution >= 0.6 is 0 Å². The van der Waals surface area contributed by atoms with Crippen LogP contribution in [0.1, 0.15) is 24.5 Å². The number of aromatic nitrogens is 1. The third kappa shape index (κ3) is 3.28. The summed E-state index contributed by atoms with van der Waals surface area (Å²) in [6.07, 6.45) is 3.47. The monoisotopic (exact) mass is 369 g/mol. The molecule has 0 saturated heterocycles. The molecule has 0 atom stereocenters. The Bertz CT molecular complexity index is 1110. The SMILES string of the molecule is CCC(=Cc1ccc2ccn(S(=O)(=O)c3ccc(C)cc3)c2c1)C(=O)O. The van der Waals surface area contributed by atoms with Gasteiger partial charge in [-0.3, -0.25) is 0 Å². The lowest BCUT2D eigenvalue weighted by atomic mass is 10.1. The van der Waals surface area contributed by atoms with Gasteiger partial charge in [-0.2, -0.15) is 0 Å². The van der Waals surface area contributed by atoms with Crippen LogP contribution in [0.3, 0.4) is 0 Å². The molecule has 3 rings (SSSR count). The third-order valence-corrected chi connectivity index (χ3v) is 5.96. The van der Waals surface area contributed by atoms with Crippen LogP contribution in [0.25, 0.3) is 17.0 Å². The van der Waals surface area contributed by atoms with E-state index in [9.17, 15) is 18.3 Å². The molecule has 0 unspecified atom stereocenters. The summed E-state index contributed by atoms with van der Waals surface area (Å²) < 4.78 is 27.2. The molecule has 1 N–H and O–H groups in total. The molecule has 0 aliphatic heterocycles. The first-order valence-electron chi connectivity index (χ1n) is 8.20. The lowest BCUT2D eigenvalue weighted by Gasteiger charge is -2.08. The number of carboxylic acid groups (broad SMARTS) is 1. The highest BCUT2D eigenvalue weighted by Crippen LogP contribution is 2.24. The van der Waals surface area contributed by atoms with E-state index < -0.39 is 16.0 Å². The van der Waals surface area contributed by atoms with Gasteiger partial charge in [0.1, 0.15) is 0 Å². The first-order valence-corrected chi connectivity index (χ1v) is 9.64. The molecule has 134 valence electrons. The van der Waals surface area contributed by atoms with Gasteiger partial charge in [0, 0.05) is 17.2 Å². The highest BCUT2D eigenvalue weighted by Gasteiger charge is 2.18. The van der Waals surface area contributed by atoms with Crippen molar-refractivity contribution in [2.24, 2.45) is 0 Å². The number of nitrogens with zero attached hydrogens (tertiary/aromatic N) is 1. The van der Waals surface area contributed by atoms with Crippen LogP contribution < -0.4 is 0 Å². The summed E-state index contributed by atoms with van der Waals surface area (Å²) in [6, 6.07) is 13.7. The zero-order valence-electron chi connectivity index (χ0n) is 14.5. The maximum Gasteiger partial charge on any atom is 0.331 e. The summed E-state index contributed by atoms with van der Waals surface area (Å²) in [6.45, 7) is 3.66. The fraction of sp³-hybridized carbons (Fsp3) is 0.150. The standard InChI is InChI=1S/C20H19NO4S/c1-3-16(20(22)23)12-15-6-7-17-10-11-21(19(17)13-15)26(24,25)18-8-4-14(2)5-9-18/h4-13H,3H2,1-2H3,(H,22,23). The van der Waals surface area contributed by atoms with Crippen molar-refractivity contribution < 1.29 is 18.3 Å². The normalized spacial score (nSPS) is 12.5. The Kier molecular flexibility index (Phi) is 4.70. The Morgan fingerprint density at radius 3 is 2.42 bits per heavy atom. The number of hydrogen-bond acceptors (Lipinski definition) is 3. The topological polar surface area (TPSA) is 76.4 Å². The second kappa shape index (κ2) is 6.80. The summed E-state index contributed by atoms with van der Waals surface area (Å²) in [5.74, 6) is -0.977. The summed E-state index contributed by atoms with van der Waals surface area (Å²) in [5, 5.41) is 9.96. The van der Waals surface area contributed by atoms with Gasteiger partial charge in [0.15, 0.2) is 0 Å². The van der Waals surface area contributed by atoms with Crippen LogP contribution in [0.4, 0.5) is 0 Å². The zero-order chi connectivity index (χ0) is 18.9. The van der Waals surface area contributed by atoms with Gasteiger partial charge in [0.05, 0.1) is 10.4 Å². The Hall–Kier alpha value is -2.86. The van der Waals surface area contributed by atoms with E-state index in [0.717, 1.165) is 10.9 Å². The predicted octanol–water partition coefficient (Wildman–Crippen LogP) is 4.06. The van der Waals surface area contributed by atoms with Crippen molar-refractivity contribution in [1.82, 2.24) is 3.97 Å². The van der Waals surface area contributed by atoms with E-state index in [1.54, 1.807) is 61.5 Å². The van der Waals surface area contributed by atoms with Crippen LogP contribution in [0.15, 0.2) is 65.2 Å². The van der Waals surface area contributed by atoms with Gasteiger partial charge >= 0.3 is 5.97 Å². The van der Waals surface area contributed by atoms with Crippen LogP contribution in [0.2, 0.25) is 0 Å². The van der Waals surface area contributed by atoms with Crippen molar-refractivity contribution >= 4 is 33.0 Å². The number of aryl methyl sites for hydroxylation is 1. The van der Waals surface area contributed by atoms with Crippen LogP contribution in [-0.4, -0.2) is 23.5 Å². The maximum absolute atomic E-state index is 13.0. The molecule has 0 bridgehead atoms. The largest absolute Gasteiger partial charge is 0.478 e. The first-order chi connectivity index (χ1) is 12.3. The predicted molar refractivity (Wildman–Crippen MR) is 102 cm³/mol. The second-order valence-corrected chi connectivity index (χ2v) is 7.89. The fourth-order valence-corrected chi connectivity index (χ4v) is 4.11. The van der Waals surface area contributed by atoms with Crippen molar-refractivity contribution in [1.29, 1.82) is 0 Å². The van der Waals surface area contributed by atoms with Gasteiger partial charge in [-0.05, 0) is 49.2 Å². The van der Waals surface area contributed by atoms with E-state index in [-0.39, 0.29) is 10.5 Å². The zero-order valence-corrected chi connectivity index (χ0v) is 15.3. The fourth-order valence-electron chi connectivity index (χ4n) is 2.76. The van der Waals surface area contributed by atoms with Crippen LogP contribution in [-0.2, 0) is 14.8 Å². The molecule has 0 radical (unpaired) electrons. The molecule has 1 heterocycles. The minimum absolute atomic E-state index is 0.210. The van der Waals surface area contributed by atoms with Gasteiger partial charge in [0.25, 0.3) is 10.0 Å². The van der Waals surface area contributed by atoms with Crippen molar-refractivity contribution in [3.05, 3.63) is 71.4 Å². The van der Waals surface area contributed by atoms with Crippen molar-refractivity contribution in [3.8, 4) is 0 Å². The summed E-state index contributed by atoms with van der Waals surface area (Å²) in [4.78, 5) is 11.4. The van der Waals surface area contributed by atoms with Gasteiger partial charge < -0.3 is 5.11 Å². The van der Waals surface area contributed by atoms with Crippen LogP contribution in [0, 0.1) is 6.92 Å². The van der Waals surface area contributed by atoms with E-state index in [0.29, 0.717) is 17.5 Å². The number of hydrogen-bond donors (Lipinski definition) is 1. The number of benzene rings is 2. The Morgan fingerprint density at radius 1 is 1.12 bits per heavy atom. The molecule has 0 aliphatic rings. The molecule has 2 aromatic carbocycles. The molecule has 0 amide bonds. The molecule has 0 aliphatic carbocycles. The average molecular weight is 369 g/mol. The van der Waals surface area contributed by atoms with E-state index in [1.807, 2.05) is 6.92 Å². The molecular weight excluding hydrogens is 350 g/mol. The number of carbonyl (C=O) groups is 1. The molecule has 6 heteroatoms. The minimum Gasteiger partial charge on any atom is -0.478 e. The smallest absolute Gasteiger partial charge is 0.331 e. The van der Waals surface area contributed by atoms with Crippen molar-refractivity contribution in [2.45, 2.75) is 25.2 Å². The summed E-state index contributed by atoms with van der Waals surface area (Å²) in [7, 11) is -3.73. The molecule has 0 fully saturated rings. The summed E-state index contributed by atoms with van der Waals surface area (Å²) in [5.41, 5.74) is 2.41. The van der Waals surface area contributed by atoms with Gasteiger partial charge in [-0.1, -0.05) is 36.8 Å². The number of carboxylic acids is 1.